The van der Waals surface area contributed by atoms with E-state index in [0.29, 0.717) is 25.7 Å². The van der Waals surface area contributed by atoms with Gasteiger partial charge in [0.05, 0.1) is 0 Å². The fourth-order valence-corrected chi connectivity index (χ4v) is 8.05. The van der Waals surface area contributed by atoms with Gasteiger partial charge in [0.1, 0.15) is 13.2 Å². The molecule has 0 bridgehead atoms. The first kappa shape index (κ1) is 46.3. The molecule has 0 saturated heterocycles. The van der Waals surface area contributed by atoms with Gasteiger partial charge in [-0.1, -0.05) is 159 Å². The van der Waals surface area contributed by atoms with Crippen molar-refractivity contribution in [3.05, 3.63) is 264 Å². The second-order valence-electron chi connectivity index (χ2n) is 16.7. The van der Waals surface area contributed by atoms with Crippen LogP contribution >= 0.6 is 0 Å². The topological polar surface area (TPSA) is 59.1 Å². The van der Waals surface area contributed by atoms with E-state index in [1.165, 1.54) is 11.1 Å². The second-order valence-corrected chi connectivity index (χ2v) is 16.7. The molecule has 0 unspecified atom stereocenters. The predicted octanol–water partition coefficient (Wildman–Crippen LogP) is 15.0. The van der Waals surface area contributed by atoms with Crippen LogP contribution in [0, 0.1) is 0 Å². The Morgan fingerprint density at radius 1 is 0.338 bits per heavy atom. The standard InChI is InChI=1S/C62H56N2O4/c1-3-47-15-21-53(22-16-47)45-67-61(65)43-33-51-29-39-59(40-30-51)63(55-11-7-5-8-12-55)57-35-25-49(26-36-57)19-20-50-27-37-58(38-28-50)64(56-13-9-6-10-14-56)60-41-31-52(32-42-60)34-44-62(66)68-46-54-23-17-48(4-2)18-24-54/h3-18,21-32,35-42H,1-2,19-20,33-34,43-46H2. The Balaban J connectivity index is 0.863. The highest BCUT2D eigenvalue weighted by atomic mass is 16.5. The van der Waals surface area contributed by atoms with Gasteiger partial charge in [0.15, 0.2) is 0 Å². The lowest BCUT2D eigenvalue weighted by Gasteiger charge is -2.26. The lowest BCUT2D eigenvalue weighted by Crippen LogP contribution is -2.10. The maximum absolute atomic E-state index is 12.6. The molecule has 0 atom stereocenters. The Morgan fingerprint density at radius 2 is 0.603 bits per heavy atom. The summed E-state index contributed by atoms with van der Waals surface area (Å²) >= 11 is 0. The molecule has 0 spiro atoms. The number of benzene rings is 8. The Kier molecular flexibility index (Phi) is 15.9. The van der Waals surface area contributed by atoms with Crippen LogP contribution in [0.1, 0.15) is 57.3 Å². The molecule has 6 nitrogen and oxygen atoms in total. The largest absolute Gasteiger partial charge is 0.461 e. The van der Waals surface area contributed by atoms with Gasteiger partial charge in [0.25, 0.3) is 0 Å². The zero-order valence-corrected chi connectivity index (χ0v) is 38.4. The first-order chi connectivity index (χ1) is 33.4. The molecule has 338 valence electrons. The van der Waals surface area contributed by atoms with Gasteiger partial charge >= 0.3 is 11.9 Å². The van der Waals surface area contributed by atoms with E-state index in [2.05, 4.69) is 169 Å². The van der Waals surface area contributed by atoms with Crippen molar-refractivity contribution in [3.63, 3.8) is 0 Å². The predicted molar refractivity (Wildman–Crippen MR) is 279 cm³/mol. The molecule has 0 aromatic heterocycles. The molecule has 8 aromatic rings. The Bertz CT molecular complexity index is 2660. The van der Waals surface area contributed by atoms with E-state index < -0.39 is 0 Å². The minimum Gasteiger partial charge on any atom is -0.461 e. The number of ether oxygens (including phenoxy) is 2. The van der Waals surface area contributed by atoms with Gasteiger partial charge in [-0.25, -0.2) is 0 Å². The van der Waals surface area contributed by atoms with Crippen LogP contribution in [-0.2, 0) is 58.0 Å². The fourth-order valence-electron chi connectivity index (χ4n) is 8.05. The molecule has 8 rings (SSSR count). The van der Waals surface area contributed by atoms with E-state index in [-0.39, 0.29) is 25.2 Å². The molecular weight excluding hydrogens is 837 g/mol. The summed E-state index contributed by atoms with van der Waals surface area (Å²) in [6, 6.07) is 71.0. The number of aryl methyl sites for hydroxylation is 4. The van der Waals surface area contributed by atoms with Crippen molar-refractivity contribution < 1.29 is 19.1 Å². The first-order valence-electron chi connectivity index (χ1n) is 23.2. The fraction of sp³-hybridized carbons (Fsp3) is 0.129. The highest BCUT2D eigenvalue weighted by Crippen LogP contribution is 2.36. The number of carbonyl (C=O) groups excluding carboxylic acids is 2. The van der Waals surface area contributed by atoms with Crippen LogP contribution in [0.4, 0.5) is 34.1 Å². The van der Waals surface area contributed by atoms with E-state index in [4.69, 9.17) is 9.47 Å². The SMILES string of the molecule is C=Cc1ccc(COC(=O)CCc2ccc(N(c3ccccc3)c3ccc(CCc4ccc(N(c5ccccc5)c5ccc(CCC(=O)OCc6ccc(C=C)cc6)cc5)cc4)cc3)cc2)cc1. The minimum absolute atomic E-state index is 0.213. The van der Waals surface area contributed by atoms with Crippen molar-refractivity contribution in [3.8, 4) is 0 Å². The van der Waals surface area contributed by atoms with Gasteiger partial charge in [0.2, 0.25) is 0 Å². The molecule has 0 saturated carbocycles. The van der Waals surface area contributed by atoms with Gasteiger partial charge in [-0.05, 0) is 143 Å². The second kappa shape index (κ2) is 23.3. The molecule has 0 N–H and O–H groups in total. The molecule has 0 amide bonds. The Hall–Kier alpha value is -8.22. The molecule has 0 aliphatic rings. The van der Waals surface area contributed by atoms with E-state index in [1.54, 1.807) is 12.2 Å². The summed E-state index contributed by atoms with van der Waals surface area (Å²) < 4.78 is 11.1. The van der Waals surface area contributed by atoms with Crippen molar-refractivity contribution >= 4 is 58.2 Å². The van der Waals surface area contributed by atoms with Crippen LogP contribution in [-0.4, -0.2) is 11.9 Å². The van der Waals surface area contributed by atoms with Crippen LogP contribution in [0.3, 0.4) is 0 Å². The number of esters is 2. The summed E-state index contributed by atoms with van der Waals surface area (Å²) in [5.74, 6) is -0.425. The molecular formula is C62H56N2O4. The summed E-state index contributed by atoms with van der Waals surface area (Å²) in [6.07, 6.45) is 7.24. The van der Waals surface area contributed by atoms with Gasteiger partial charge in [-0.3, -0.25) is 9.59 Å². The number of para-hydroxylation sites is 2. The number of anilines is 6. The van der Waals surface area contributed by atoms with E-state index in [9.17, 15) is 9.59 Å². The van der Waals surface area contributed by atoms with E-state index in [0.717, 1.165) is 80.3 Å². The maximum Gasteiger partial charge on any atom is 0.306 e. The third-order valence-electron chi connectivity index (χ3n) is 12.0. The quantitative estimate of drug-likeness (QED) is 0.0670. The van der Waals surface area contributed by atoms with Crippen LogP contribution in [0.2, 0.25) is 0 Å². The zero-order valence-electron chi connectivity index (χ0n) is 38.4. The van der Waals surface area contributed by atoms with Crippen LogP contribution in [0.5, 0.6) is 0 Å². The van der Waals surface area contributed by atoms with E-state index >= 15 is 0 Å². The zero-order chi connectivity index (χ0) is 46.9. The summed E-state index contributed by atoms with van der Waals surface area (Å²) in [5.41, 5.74) is 15.0. The molecule has 68 heavy (non-hydrogen) atoms. The highest BCUT2D eigenvalue weighted by Gasteiger charge is 2.15. The molecule has 0 heterocycles. The molecule has 0 radical (unpaired) electrons. The molecule has 8 aromatic carbocycles. The first-order valence-corrected chi connectivity index (χ1v) is 23.2. The summed E-state index contributed by atoms with van der Waals surface area (Å²) in [6.45, 7) is 8.10. The number of nitrogens with zero attached hydrogens (tertiary/aromatic N) is 2. The van der Waals surface area contributed by atoms with Crippen molar-refractivity contribution in [2.45, 2.75) is 51.7 Å². The number of hydrogen-bond acceptors (Lipinski definition) is 6. The van der Waals surface area contributed by atoms with Crippen molar-refractivity contribution in [1.29, 1.82) is 0 Å². The van der Waals surface area contributed by atoms with Crippen LogP contribution in [0.15, 0.2) is 219 Å². The lowest BCUT2D eigenvalue weighted by molar-refractivity contribution is -0.145. The number of hydrogen-bond donors (Lipinski definition) is 0. The van der Waals surface area contributed by atoms with Crippen molar-refractivity contribution in [2.75, 3.05) is 9.80 Å². The van der Waals surface area contributed by atoms with Gasteiger partial charge in [0, 0.05) is 47.0 Å². The maximum atomic E-state index is 12.6. The smallest absolute Gasteiger partial charge is 0.306 e. The lowest BCUT2D eigenvalue weighted by atomic mass is 10.0. The van der Waals surface area contributed by atoms with Crippen molar-refractivity contribution in [1.82, 2.24) is 0 Å². The van der Waals surface area contributed by atoms with Gasteiger partial charge in [-0.15, -0.1) is 0 Å². The third-order valence-corrected chi connectivity index (χ3v) is 12.0. The van der Waals surface area contributed by atoms with Crippen LogP contribution < -0.4 is 9.80 Å². The third kappa shape index (κ3) is 12.8. The minimum atomic E-state index is -0.213. The molecule has 0 fully saturated rings. The number of rotatable bonds is 21. The average molecular weight is 893 g/mol. The van der Waals surface area contributed by atoms with E-state index in [1.807, 2.05) is 60.7 Å². The number of carbonyl (C=O) groups is 2. The summed E-state index contributed by atoms with van der Waals surface area (Å²) in [7, 11) is 0. The Morgan fingerprint density at radius 3 is 0.897 bits per heavy atom. The Labute approximate surface area is 401 Å². The summed E-state index contributed by atoms with van der Waals surface area (Å²) in [4.78, 5) is 29.7. The monoisotopic (exact) mass is 892 g/mol. The van der Waals surface area contributed by atoms with Crippen molar-refractivity contribution in [2.24, 2.45) is 0 Å². The summed E-state index contributed by atoms with van der Waals surface area (Å²) in [5, 5.41) is 0. The van der Waals surface area contributed by atoms with Gasteiger partial charge in [-0.2, -0.15) is 0 Å². The molecule has 6 heteroatoms. The average Bonchev–Trinajstić information content (AvgIpc) is 3.40. The van der Waals surface area contributed by atoms with Gasteiger partial charge < -0.3 is 19.3 Å². The molecule has 0 aliphatic heterocycles. The molecule has 0 aliphatic carbocycles. The normalized spacial score (nSPS) is 10.8. The van der Waals surface area contributed by atoms with Crippen LogP contribution in [0.25, 0.3) is 12.2 Å². The highest BCUT2D eigenvalue weighted by molar-refractivity contribution is 5.78.